The zero-order valence-corrected chi connectivity index (χ0v) is 8.38. The van der Waals surface area contributed by atoms with Crippen molar-refractivity contribution in [1.29, 1.82) is 0 Å². The van der Waals surface area contributed by atoms with Crippen molar-refractivity contribution in [2.45, 2.75) is 6.92 Å². The maximum atomic E-state index is 11.2. The van der Waals surface area contributed by atoms with Crippen molar-refractivity contribution < 1.29 is 9.53 Å². The second-order valence-corrected chi connectivity index (χ2v) is 3.49. The van der Waals surface area contributed by atoms with Crippen LogP contribution in [0.1, 0.15) is 6.92 Å². The zero-order valence-electron chi connectivity index (χ0n) is 8.38. The van der Waals surface area contributed by atoms with Crippen LogP contribution in [0.15, 0.2) is 0 Å². The van der Waals surface area contributed by atoms with E-state index < -0.39 is 0 Å². The molecule has 0 aromatic carbocycles. The lowest BCUT2D eigenvalue weighted by Crippen LogP contribution is -2.35. The molecular formula is C9H18N2O2. The quantitative estimate of drug-likeness (QED) is 0.644. The Morgan fingerprint density at radius 3 is 3.08 bits per heavy atom. The van der Waals surface area contributed by atoms with E-state index in [4.69, 9.17) is 4.74 Å². The predicted octanol–water partition coefficient (Wildman–Crippen LogP) is -0.299. The van der Waals surface area contributed by atoms with Crippen LogP contribution < -0.4 is 5.32 Å². The van der Waals surface area contributed by atoms with Gasteiger partial charge in [-0.05, 0) is 0 Å². The third-order valence-corrected chi connectivity index (χ3v) is 2.32. The van der Waals surface area contributed by atoms with Crippen LogP contribution in [0.2, 0.25) is 0 Å². The first-order valence-electron chi connectivity index (χ1n) is 4.69. The molecule has 1 fully saturated rings. The Hall–Kier alpha value is -0.610. The van der Waals surface area contributed by atoms with Crippen LogP contribution in [0.25, 0.3) is 0 Å². The molecular weight excluding hydrogens is 168 g/mol. The van der Waals surface area contributed by atoms with Crippen molar-refractivity contribution in [1.82, 2.24) is 10.2 Å². The Bertz CT molecular complexity index is 173. The standard InChI is InChI=1S/C9H18N2O2/c1-8(12)11-4-3-10-5-9(6-11)7-13-2/h9-10H,3-7H2,1-2H3/t9-/m1/s1. The van der Waals surface area contributed by atoms with E-state index >= 15 is 0 Å². The molecule has 13 heavy (non-hydrogen) atoms. The number of carbonyl (C=O) groups is 1. The van der Waals surface area contributed by atoms with Gasteiger partial charge in [-0.1, -0.05) is 0 Å². The Morgan fingerprint density at radius 2 is 2.46 bits per heavy atom. The average molecular weight is 186 g/mol. The van der Waals surface area contributed by atoms with Crippen LogP contribution >= 0.6 is 0 Å². The lowest BCUT2D eigenvalue weighted by molar-refractivity contribution is -0.129. The van der Waals surface area contributed by atoms with Crippen LogP contribution in [0, 0.1) is 5.92 Å². The molecule has 1 aliphatic heterocycles. The molecule has 4 nitrogen and oxygen atoms in total. The van der Waals surface area contributed by atoms with Gasteiger partial charge in [0.05, 0.1) is 6.61 Å². The fourth-order valence-corrected chi connectivity index (χ4v) is 1.62. The van der Waals surface area contributed by atoms with Crippen molar-refractivity contribution in [3.63, 3.8) is 0 Å². The molecule has 0 bridgehead atoms. The van der Waals surface area contributed by atoms with E-state index in [0.717, 1.165) is 32.8 Å². The van der Waals surface area contributed by atoms with E-state index in [-0.39, 0.29) is 5.91 Å². The first kappa shape index (κ1) is 10.5. The number of nitrogens with one attached hydrogen (secondary N) is 1. The van der Waals surface area contributed by atoms with Crippen LogP contribution in [0.4, 0.5) is 0 Å². The molecule has 0 radical (unpaired) electrons. The number of hydrogen-bond acceptors (Lipinski definition) is 3. The monoisotopic (exact) mass is 186 g/mol. The third kappa shape index (κ3) is 3.32. The van der Waals surface area contributed by atoms with Gasteiger partial charge in [0.15, 0.2) is 0 Å². The molecule has 1 heterocycles. The summed E-state index contributed by atoms with van der Waals surface area (Å²) < 4.78 is 5.09. The fourth-order valence-electron chi connectivity index (χ4n) is 1.62. The molecule has 1 saturated heterocycles. The lowest BCUT2D eigenvalue weighted by atomic mass is 10.1. The highest BCUT2D eigenvalue weighted by molar-refractivity contribution is 5.73. The summed E-state index contributed by atoms with van der Waals surface area (Å²) in [6.07, 6.45) is 0. The van der Waals surface area contributed by atoms with Gasteiger partial charge in [0, 0.05) is 46.1 Å². The number of rotatable bonds is 2. The summed E-state index contributed by atoms with van der Waals surface area (Å²) in [6.45, 7) is 5.80. The molecule has 0 spiro atoms. The van der Waals surface area contributed by atoms with E-state index in [1.165, 1.54) is 0 Å². The van der Waals surface area contributed by atoms with E-state index in [1.54, 1.807) is 14.0 Å². The van der Waals surface area contributed by atoms with Gasteiger partial charge in [-0.3, -0.25) is 4.79 Å². The number of ether oxygens (including phenoxy) is 1. The number of amides is 1. The maximum Gasteiger partial charge on any atom is 0.219 e. The maximum absolute atomic E-state index is 11.2. The summed E-state index contributed by atoms with van der Waals surface area (Å²) in [6, 6.07) is 0. The largest absolute Gasteiger partial charge is 0.384 e. The summed E-state index contributed by atoms with van der Waals surface area (Å²) in [7, 11) is 1.70. The normalized spacial score (nSPS) is 24.2. The summed E-state index contributed by atoms with van der Waals surface area (Å²) in [4.78, 5) is 13.0. The average Bonchev–Trinajstić information content (AvgIpc) is 2.30. The number of carbonyl (C=O) groups excluding carboxylic acids is 1. The molecule has 1 aliphatic rings. The summed E-state index contributed by atoms with van der Waals surface area (Å²) in [5.41, 5.74) is 0. The smallest absolute Gasteiger partial charge is 0.219 e. The van der Waals surface area contributed by atoms with Gasteiger partial charge in [-0.25, -0.2) is 0 Å². The zero-order chi connectivity index (χ0) is 9.68. The topological polar surface area (TPSA) is 41.6 Å². The van der Waals surface area contributed by atoms with E-state index in [2.05, 4.69) is 5.32 Å². The van der Waals surface area contributed by atoms with E-state index in [0.29, 0.717) is 5.92 Å². The van der Waals surface area contributed by atoms with Crippen LogP contribution in [0.3, 0.4) is 0 Å². The van der Waals surface area contributed by atoms with Crippen LogP contribution in [-0.4, -0.2) is 50.7 Å². The first-order valence-corrected chi connectivity index (χ1v) is 4.69. The van der Waals surface area contributed by atoms with Gasteiger partial charge >= 0.3 is 0 Å². The highest BCUT2D eigenvalue weighted by Crippen LogP contribution is 2.04. The molecule has 76 valence electrons. The molecule has 0 aromatic rings. The van der Waals surface area contributed by atoms with Crippen molar-refractivity contribution in [2.75, 3.05) is 39.9 Å². The highest BCUT2D eigenvalue weighted by atomic mass is 16.5. The Kier molecular flexibility index (Phi) is 4.18. The van der Waals surface area contributed by atoms with Gasteiger partial charge < -0.3 is 15.0 Å². The summed E-state index contributed by atoms with van der Waals surface area (Å²) in [5.74, 6) is 0.584. The first-order chi connectivity index (χ1) is 6.24. The SMILES string of the molecule is COC[C@@H]1CNCCN(C(C)=O)C1. The minimum atomic E-state index is 0.157. The Labute approximate surface area is 79.2 Å². The summed E-state index contributed by atoms with van der Waals surface area (Å²) >= 11 is 0. The molecule has 1 amide bonds. The van der Waals surface area contributed by atoms with Gasteiger partial charge in [0.1, 0.15) is 0 Å². The van der Waals surface area contributed by atoms with Crippen LogP contribution in [0.5, 0.6) is 0 Å². The molecule has 1 N–H and O–H groups in total. The molecule has 0 saturated carbocycles. The van der Waals surface area contributed by atoms with Crippen LogP contribution in [-0.2, 0) is 9.53 Å². The molecule has 0 unspecified atom stereocenters. The van der Waals surface area contributed by atoms with Gasteiger partial charge in [-0.2, -0.15) is 0 Å². The van der Waals surface area contributed by atoms with E-state index in [1.807, 2.05) is 4.90 Å². The second kappa shape index (κ2) is 5.19. The molecule has 0 aliphatic carbocycles. The fraction of sp³-hybridized carbons (Fsp3) is 0.889. The van der Waals surface area contributed by atoms with Crippen molar-refractivity contribution in [3.05, 3.63) is 0 Å². The predicted molar refractivity (Wildman–Crippen MR) is 50.5 cm³/mol. The minimum Gasteiger partial charge on any atom is -0.384 e. The number of nitrogens with zero attached hydrogens (tertiary/aromatic N) is 1. The Balaban J connectivity index is 2.44. The van der Waals surface area contributed by atoms with Crippen molar-refractivity contribution >= 4 is 5.91 Å². The third-order valence-electron chi connectivity index (χ3n) is 2.32. The number of methoxy groups -OCH3 is 1. The number of hydrogen-bond donors (Lipinski definition) is 1. The minimum absolute atomic E-state index is 0.157. The van der Waals surface area contributed by atoms with Gasteiger partial charge in [0.25, 0.3) is 0 Å². The van der Waals surface area contributed by atoms with E-state index in [9.17, 15) is 4.79 Å². The molecule has 1 rings (SSSR count). The van der Waals surface area contributed by atoms with Crippen molar-refractivity contribution in [3.8, 4) is 0 Å². The van der Waals surface area contributed by atoms with Gasteiger partial charge in [0.2, 0.25) is 5.91 Å². The molecule has 4 heteroatoms. The summed E-state index contributed by atoms with van der Waals surface area (Å²) in [5, 5.41) is 3.29. The van der Waals surface area contributed by atoms with Crippen molar-refractivity contribution in [2.24, 2.45) is 5.92 Å². The highest BCUT2D eigenvalue weighted by Gasteiger charge is 2.18. The molecule has 0 aromatic heterocycles. The Morgan fingerprint density at radius 1 is 1.69 bits per heavy atom. The molecule has 1 atom stereocenters. The van der Waals surface area contributed by atoms with Gasteiger partial charge in [-0.15, -0.1) is 0 Å². The second-order valence-electron chi connectivity index (χ2n) is 3.49. The lowest BCUT2D eigenvalue weighted by Gasteiger charge is -2.21.